The van der Waals surface area contributed by atoms with Crippen LogP contribution in [0.2, 0.25) is 0 Å². The van der Waals surface area contributed by atoms with Gasteiger partial charge in [-0.2, -0.15) is 0 Å². The molecule has 2 aromatic carbocycles. The van der Waals surface area contributed by atoms with E-state index in [-0.39, 0.29) is 18.3 Å². The third kappa shape index (κ3) is 4.46. The Kier molecular flexibility index (Phi) is 6.40. The Bertz CT molecular complexity index is 1280. The quantitative estimate of drug-likeness (QED) is 0.419. The van der Waals surface area contributed by atoms with E-state index in [0.717, 1.165) is 54.6 Å². The third-order valence-electron chi connectivity index (χ3n) is 7.20. The number of fused-ring (bicyclic) bond motifs is 2. The van der Waals surface area contributed by atoms with Crippen molar-refractivity contribution in [2.24, 2.45) is 0 Å². The Balaban J connectivity index is 0.00000241. The molecule has 0 unspecified atom stereocenters. The fourth-order valence-corrected chi connectivity index (χ4v) is 5.01. The average molecular weight is 473 g/mol. The smallest absolute Gasteiger partial charge is 0.255 e. The SMILES string of the molecule is Cl.O=C(Nc1ccc2c(c1)CCN(C1CCC1)CC2)c1ccc(-c2cn3ccccc3n2)cc1. The van der Waals surface area contributed by atoms with Gasteiger partial charge in [0.1, 0.15) is 5.65 Å². The minimum absolute atomic E-state index is 0. The predicted octanol–water partition coefficient (Wildman–Crippen LogP) is 5.63. The highest BCUT2D eigenvalue weighted by molar-refractivity contribution is 6.04. The van der Waals surface area contributed by atoms with Gasteiger partial charge in [-0.15, -0.1) is 12.4 Å². The lowest BCUT2D eigenvalue weighted by Gasteiger charge is -2.36. The molecule has 174 valence electrons. The molecular formula is C28H29ClN4O. The number of benzene rings is 2. The summed E-state index contributed by atoms with van der Waals surface area (Å²) >= 11 is 0. The minimum Gasteiger partial charge on any atom is -0.322 e. The molecule has 2 aliphatic rings. The summed E-state index contributed by atoms with van der Waals surface area (Å²) in [6.07, 6.45) is 10.2. The molecule has 2 aromatic heterocycles. The molecule has 0 radical (unpaired) electrons. The number of halogens is 1. The molecule has 34 heavy (non-hydrogen) atoms. The van der Waals surface area contributed by atoms with Crippen LogP contribution in [-0.4, -0.2) is 39.3 Å². The van der Waals surface area contributed by atoms with E-state index in [1.165, 1.54) is 30.4 Å². The lowest BCUT2D eigenvalue weighted by Crippen LogP contribution is -2.41. The van der Waals surface area contributed by atoms with Gasteiger partial charge >= 0.3 is 0 Å². The molecule has 1 amide bonds. The van der Waals surface area contributed by atoms with Crippen molar-refractivity contribution in [3.05, 3.63) is 89.7 Å². The van der Waals surface area contributed by atoms with Crippen LogP contribution >= 0.6 is 12.4 Å². The van der Waals surface area contributed by atoms with E-state index in [0.29, 0.717) is 5.56 Å². The Morgan fingerprint density at radius 1 is 0.941 bits per heavy atom. The predicted molar refractivity (Wildman–Crippen MR) is 139 cm³/mol. The second kappa shape index (κ2) is 9.61. The monoisotopic (exact) mass is 472 g/mol. The highest BCUT2D eigenvalue weighted by Crippen LogP contribution is 2.28. The Morgan fingerprint density at radius 3 is 2.47 bits per heavy atom. The minimum atomic E-state index is -0.0822. The lowest BCUT2D eigenvalue weighted by molar-refractivity contribution is 0.102. The molecule has 0 atom stereocenters. The van der Waals surface area contributed by atoms with Crippen LogP contribution in [0.3, 0.4) is 0 Å². The number of aromatic nitrogens is 2. The molecule has 1 fully saturated rings. The van der Waals surface area contributed by atoms with Gasteiger partial charge in [0.2, 0.25) is 0 Å². The first-order valence-electron chi connectivity index (χ1n) is 11.9. The van der Waals surface area contributed by atoms with Crippen molar-refractivity contribution in [2.75, 3.05) is 18.4 Å². The largest absolute Gasteiger partial charge is 0.322 e. The maximum atomic E-state index is 12.9. The van der Waals surface area contributed by atoms with Gasteiger partial charge in [-0.3, -0.25) is 9.69 Å². The molecular weight excluding hydrogens is 444 g/mol. The molecule has 4 aromatic rings. The highest BCUT2D eigenvalue weighted by atomic mass is 35.5. The number of amides is 1. The molecule has 6 heteroatoms. The van der Waals surface area contributed by atoms with E-state index in [9.17, 15) is 4.79 Å². The van der Waals surface area contributed by atoms with Crippen LogP contribution < -0.4 is 5.32 Å². The van der Waals surface area contributed by atoms with Gasteiger partial charge in [0.15, 0.2) is 0 Å². The number of nitrogens with zero attached hydrogens (tertiary/aromatic N) is 3. The van der Waals surface area contributed by atoms with E-state index >= 15 is 0 Å². The van der Waals surface area contributed by atoms with Crippen LogP contribution in [0.4, 0.5) is 5.69 Å². The van der Waals surface area contributed by atoms with Crippen LogP contribution in [-0.2, 0) is 12.8 Å². The first-order valence-corrected chi connectivity index (χ1v) is 11.9. The number of hydrogen-bond acceptors (Lipinski definition) is 3. The first-order chi connectivity index (χ1) is 16.2. The second-order valence-corrected chi connectivity index (χ2v) is 9.23. The zero-order valence-corrected chi connectivity index (χ0v) is 19.9. The molecule has 5 nitrogen and oxygen atoms in total. The maximum Gasteiger partial charge on any atom is 0.255 e. The fourth-order valence-electron chi connectivity index (χ4n) is 5.01. The molecule has 0 saturated heterocycles. The summed E-state index contributed by atoms with van der Waals surface area (Å²) in [5.74, 6) is -0.0822. The molecule has 0 bridgehead atoms. The van der Waals surface area contributed by atoms with Crippen molar-refractivity contribution in [2.45, 2.75) is 38.1 Å². The summed E-state index contributed by atoms with van der Waals surface area (Å²) in [6, 6.07) is 20.8. The number of rotatable bonds is 4. The topological polar surface area (TPSA) is 49.6 Å². The summed E-state index contributed by atoms with van der Waals surface area (Å²) < 4.78 is 2.00. The third-order valence-corrected chi connectivity index (χ3v) is 7.20. The van der Waals surface area contributed by atoms with Gasteiger partial charge in [-0.1, -0.05) is 30.7 Å². The van der Waals surface area contributed by atoms with Gasteiger partial charge < -0.3 is 9.72 Å². The highest BCUT2D eigenvalue weighted by Gasteiger charge is 2.26. The standard InChI is InChI=1S/C28H28N4O.ClH/c33-28(22-9-7-21(8-10-22)26-19-32-15-2-1-6-27(32)30-26)29-24-12-11-20-13-16-31(25-4-3-5-25)17-14-23(20)18-24;/h1-2,6-12,15,18-19,25H,3-5,13-14,16-17H2,(H,29,33);1H. The number of anilines is 1. The van der Waals surface area contributed by atoms with Crippen molar-refractivity contribution >= 4 is 29.6 Å². The van der Waals surface area contributed by atoms with Crippen molar-refractivity contribution in [1.29, 1.82) is 0 Å². The Hall–Kier alpha value is -3.15. The van der Waals surface area contributed by atoms with Crippen LogP contribution in [0, 0.1) is 0 Å². The zero-order chi connectivity index (χ0) is 22.2. The molecule has 1 saturated carbocycles. The Labute approximate surface area is 206 Å². The molecule has 0 spiro atoms. The number of hydrogen-bond donors (Lipinski definition) is 1. The van der Waals surface area contributed by atoms with E-state index in [2.05, 4.69) is 27.3 Å². The summed E-state index contributed by atoms with van der Waals surface area (Å²) in [4.78, 5) is 20.2. The van der Waals surface area contributed by atoms with E-state index in [4.69, 9.17) is 0 Å². The Morgan fingerprint density at radius 2 is 1.74 bits per heavy atom. The van der Waals surface area contributed by atoms with E-state index < -0.39 is 0 Å². The number of imidazole rings is 1. The van der Waals surface area contributed by atoms with Crippen molar-refractivity contribution < 1.29 is 4.79 Å². The van der Waals surface area contributed by atoms with Gasteiger partial charge in [0, 0.05) is 48.3 Å². The molecule has 3 heterocycles. The molecule has 1 N–H and O–H groups in total. The summed E-state index contributed by atoms with van der Waals surface area (Å²) in [6.45, 7) is 2.28. The summed E-state index contributed by atoms with van der Waals surface area (Å²) in [5.41, 5.74) is 7.12. The van der Waals surface area contributed by atoms with Crippen LogP contribution in [0.15, 0.2) is 73.1 Å². The van der Waals surface area contributed by atoms with Crippen molar-refractivity contribution in [1.82, 2.24) is 14.3 Å². The number of pyridine rings is 1. The summed E-state index contributed by atoms with van der Waals surface area (Å²) in [7, 11) is 0. The van der Waals surface area contributed by atoms with Crippen molar-refractivity contribution in [3.8, 4) is 11.3 Å². The molecule has 1 aliphatic carbocycles. The van der Waals surface area contributed by atoms with Crippen LogP contribution in [0.1, 0.15) is 40.7 Å². The number of nitrogens with one attached hydrogen (secondary N) is 1. The summed E-state index contributed by atoms with van der Waals surface area (Å²) in [5, 5.41) is 3.09. The van der Waals surface area contributed by atoms with E-state index in [1.54, 1.807) is 0 Å². The number of carbonyl (C=O) groups excluding carboxylic acids is 1. The molecule has 6 rings (SSSR count). The molecule has 1 aliphatic heterocycles. The van der Waals surface area contributed by atoms with Crippen LogP contribution in [0.5, 0.6) is 0 Å². The number of carbonyl (C=O) groups is 1. The first kappa shape index (κ1) is 22.6. The van der Waals surface area contributed by atoms with Gasteiger partial charge in [0.05, 0.1) is 5.69 Å². The van der Waals surface area contributed by atoms with Crippen molar-refractivity contribution in [3.63, 3.8) is 0 Å². The lowest BCUT2D eigenvalue weighted by atomic mass is 9.91. The fraction of sp³-hybridized carbons (Fsp3) is 0.286. The maximum absolute atomic E-state index is 12.9. The van der Waals surface area contributed by atoms with Gasteiger partial charge in [-0.25, -0.2) is 4.98 Å². The van der Waals surface area contributed by atoms with E-state index in [1.807, 2.05) is 65.3 Å². The van der Waals surface area contributed by atoms with Crippen LogP contribution in [0.25, 0.3) is 16.9 Å². The normalized spacial score (nSPS) is 16.2. The second-order valence-electron chi connectivity index (χ2n) is 9.23. The van der Waals surface area contributed by atoms with Gasteiger partial charge in [-0.05, 0) is 73.2 Å². The average Bonchev–Trinajstić information content (AvgIpc) is 3.14. The zero-order valence-electron chi connectivity index (χ0n) is 19.1. The van der Waals surface area contributed by atoms with Gasteiger partial charge in [0.25, 0.3) is 5.91 Å².